The van der Waals surface area contributed by atoms with E-state index in [1.807, 2.05) is 0 Å². The number of benzene rings is 1. The Morgan fingerprint density at radius 2 is 2.05 bits per heavy atom. The van der Waals surface area contributed by atoms with Crippen LogP contribution in [0.2, 0.25) is 0 Å². The van der Waals surface area contributed by atoms with Crippen LogP contribution in [0, 0.1) is 17.1 Å². The lowest BCUT2D eigenvalue weighted by Gasteiger charge is -2.23. The van der Waals surface area contributed by atoms with E-state index >= 15 is 0 Å². The van der Waals surface area contributed by atoms with Crippen LogP contribution < -0.4 is 0 Å². The van der Waals surface area contributed by atoms with Crippen molar-refractivity contribution in [2.45, 2.75) is 6.54 Å². The van der Waals surface area contributed by atoms with Crippen LogP contribution in [0.4, 0.5) is 4.39 Å². The van der Waals surface area contributed by atoms with E-state index in [4.69, 9.17) is 5.26 Å². The third kappa shape index (κ3) is 3.73. The fourth-order valence-electron chi connectivity index (χ4n) is 1.39. The van der Waals surface area contributed by atoms with Crippen LogP contribution in [-0.4, -0.2) is 37.7 Å². The molecule has 1 aromatic carbocycles. The average molecular weight is 350 g/mol. The van der Waals surface area contributed by atoms with Gasteiger partial charge in [0.1, 0.15) is 12.4 Å². The summed E-state index contributed by atoms with van der Waals surface area (Å²) in [5, 5.41) is 8.72. The predicted molar refractivity (Wildman–Crippen MR) is 72.7 cm³/mol. The summed E-state index contributed by atoms with van der Waals surface area (Å²) in [6.45, 7) is -0.553. The van der Waals surface area contributed by atoms with Crippen LogP contribution in [0.5, 0.6) is 0 Å². The molecule has 0 bridgehead atoms. The molecule has 0 unspecified atom stereocenters. The van der Waals surface area contributed by atoms with Crippen LogP contribution in [0.1, 0.15) is 5.56 Å². The lowest BCUT2D eigenvalue weighted by Crippen LogP contribution is -2.40. The summed E-state index contributed by atoms with van der Waals surface area (Å²) in [5.74, 6) is -0.522. The van der Waals surface area contributed by atoms with E-state index < -0.39 is 16.0 Å². The van der Waals surface area contributed by atoms with Gasteiger partial charge in [0.15, 0.2) is 0 Å². The molecule has 0 spiro atoms. The molecule has 0 N–H and O–H groups in total. The van der Waals surface area contributed by atoms with Crippen molar-refractivity contribution >= 4 is 26.1 Å². The summed E-state index contributed by atoms with van der Waals surface area (Å²) in [6, 6.07) is 6.14. The Balaban J connectivity index is 3.15. The molecule has 0 saturated heterocycles. The van der Waals surface area contributed by atoms with Crippen LogP contribution in [0.3, 0.4) is 0 Å². The van der Waals surface area contributed by atoms with Crippen LogP contribution in [0.25, 0.3) is 0 Å². The second-order valence-electron chi connectivity index (χ2n) is 3.92. The van der Waals surface area contributed by atoms with E-state index in [2.05, 4.69) is 15.9 Å². The number of rotatable bonds is 5. The molecule has 0 saturated carbocycles. The van der Waals surface area contributed by atoms with Crippen molar-refractivity contribution in [2.75, 3.05) is 20.6 Å². The summed E-state index contributed by atoms with van der Waals surface area (Å²) >= 11 is 3.17. The minimum atomic E-state index is -3.78. The van der Waals surface area contributed by atoms with Gasteiger partial charge in [-0.2, -0.15) is 22.3 Å². The molecule has 0 aliphatic carbocycles. The van der Waals surface area contributed by atoms with Crippen molar-refractivity contribution < 1.29 is 12.8 Å². The molecule has 0 amide bonds. The maximum absolute atomic E-state index is 13.7. The minimum absolute atomic E-state index is 0.197. The van der Waals surface area contributed by atoms with Crippen molar-refractivity contribution in [3.05, 3.63) is 34.1 Å². The highest BCUT2D eigenvalue weighted by atomic mass is 79.9. The van der Waals surface area contributed by atoms with Gasteiger partial charge in [-0.25, -0.2) is 4.39 Å². The van der Waals surface area contributed by atoms with Crippen molar-refractivity contribution in [1.29, 1.82) is 5.26 Å². The normalized spacial score (nSPS) is 11.8. The molecule has 0 atom stereocenters. The quantitative estimate of drug-likeness (QED) is 0.760. The molecule has 0 heterocycles. The molecule has 1 rings (SSSR count). The van der Waals surface area contributed by atoms with Crippen molar-refractivity contribution in [1.82, 2.24) is 8.61 Å². The fraction of sp³-hybridized carbons (Fsp3) is 0.364. The molecule has 1 aromatic rings. The molecule has 19 heavy (non-hydrogen) atoms. The SMILES string of the molecule is CN(C)S(=O)(=O)N(CC#N)Cc1c(F)cccc1Br. The van der Waals surface area contributed by atoms with Crippen molar-refractivity contribution in [2.24, 2.45) is 0 Å². The van der Waals surface area contributed by atoms with E-state index in [9.17, 15) is 12.8 Å². The smallest absolute Gasteiger partial charge is 0.207 e. The number of nitriles is 1. The van der Waals surface area contributed by atoms with E-state index in [1.165, 1.54) is 26.2 Å². The fourth-order valence-corrected chi connectivity index (χ4v) is 2.83. The highest BCUT2D eigenvalue weighted by Gasteiger charge is 2.26. The maximum Gasteiger partial charge on any atom is 0.282 e. The van der Waals surface area contributed by atoms with Crippen molar-refractivity contribution in [3.63, 3.8) is 0 Å². The molecule has 5 nitrogen and oxygen atoms in total. The second kappa shape index (κ2) is 6.43. The third-order valence-corrected chi connectivity index (χ3v) is 5.01. The lowest BCUT2D eigenvalue weighted by atomic mass is 10.2. The molecule has 0 radical (unpaired) electrons. The second-order valence-corrected chi connectivity index (χ2v) is 6.91. The third-order valence-electron chi connectivity index (χ3n) is 2.43. The van der Waals surface area contributed by atoms with Gasteiger partial charge in [-0.3, -0.25) is 0 Å². The van der Waals surface area contributed by atoms with Crippen LogP contribution in [0.15, 0.2) is 22.7 Å². The summed E-state index contributed by atoms with van der Waals surface area (Å²) < 4.78 is 40.1. The van der Waals surface area contributed by atoms with Gasteiger partial charge in [0, 0.05) is 30.7 Å². The van der Waals surface area contributed by atoms with Gasteiger partial charge in [0.25, 0.3) is 10.2 Å². The summed E-state index contributed by atoms with van der Waals surface area (Å²) in [6.07, 6.45) is 0. The molecular formula is C11H13BrFN3O2S. The molecule has 8 heteroatoms. The first-order valence-electron chi connectivity index (χ1n) is 5.28. The van der Waals surface area contributed by atoms with Crippen molar-refractivity contribution in [3.8, 4) is 6.07 Å². The minimum Gasteiger partial charge on any atom is -0.207 e. The van der Waals surface area contributed by atoms with Gasteiger partial charge < -0.3 is 0 Å². The molecule has 0 aliphatic rings. The summed E-state index contributed by atoms with van der Waals surface area (Å²) in [5.41, 5.74) is 0.197. The molecule has 0 fully saturated rings. The Morgan fingerprint density at radius 1 is 1.42 bits per heavy atom. The first kappa shape index (κ1) is 16.0. The monoisotopic (exact) mass is 349 g/mol. The predicted octanol–water partition coefficient (Wildman–Crippen LogP) is 1.72. The maximum atomic E-state index is 13.7. The largest absolute Gasteiger partial charge is 0.282 e. The highest BCUT2D eigenvalue weighted by molar-refractivity contribution is 9.10. The lowest BCUT2D eigenvalue weighted by molar-refractivity contribution is 0.390. The van der Waals surface area contributed by atoms with Crippen LogP contribution >= 0.6 is 15.9 Å². The first-order chi connectivity index (χ1) is 8.80. The van der Waals surface area contributed by atoms with Gasteiger partial charge in [-0.05, 0) is 12.1 Å². The van der Waals surface area contributed by atoms with Gasteiger partial charge in [0.2, 0.25) is 0 Å². The number of halogens is 2. The average Bonchev–Trinajstić information content (AvgIpc) is 2.32. The van der Waals surface area contributed by atoms with Crippen LogP contribution in [-0.2, 0) is 16.8 Å². The van der Waals surface area contributed by atoms with E-state index in [0.29, 0.717) is 4.47 Å². The van der Waals surface area contributed by atoms with Gasteiger partial charge in [-0.1, -0.05) is 22.0 Å². The standard InChI is InChI=1S/C11H13BrFN3O2S/c1-15(2)19(17,18)16(7-6-14)8-9-10(12)4-3-5-11(9)13/h3-5H,7-8H2,1-2H3. The summed E-state index contributed by atoms with van der Waals surface area (Å²) in [7, 11) is -1.06. The highest BCUT2D eigenvalue weighted by Crippen LogP contribution is 2.22. The Hall–Kier alpha value is -1.01. The Labute approximate surface area is 120 Å². The molecule has 0 aromatic heterocycles. The van der Waals surface area contributed by atoms with Gasteiger partial charge >= 0.3 is 0 Å². The molecular weight excluding hydrogens is 337 g/mol. The molecule has 104 valence electrons. The number of hydrogen-bond donors (Lipinski definition) is 0. The van der Waals surface area contributed by atoms with E-state index in [-0.39, 0.29) is 18.7 Å². The zero-order valence-corrected chi connectivity index (χ0v) is 12.9. The van der Waals surface area contributed by atoms with Gasteiger partial charge in [0.05, 0.1) is 6.07 Å². The number of hydrogen-bond acceptors (Lipinski definition) is 3. The number of nitrogens with zero attached hydrogens (tertiary/aromatic N) is 3. The van der Waals surface area contributed by atoms with Gasteiger partial charge in [-0.15, -0.1) is 0 Å². The first-order valence-corrected chi connectivity index (χ1v) is 7.47. The topological polar surface area (TPSA) is 64.4 Å². The molecule has 0 aliphatic heterocycles. The Morgan fingerprint density at radius 3 is 2.53 bits per heavy atom. The zero-order valence-electron chi connectivity index (χ0n) is 10.5. The summed E-state index contributed by atoms with van der Waals surface area (Å²) in [4.78, 5) is 0. The zero-order chi connectivity index (χ0) is 14.6. The Bertz CT molecular complexity index is 578. The van der Waals surface area contributed by atoms with E-state index in [0.717, 1.165) is 8.61 Å². The Kier molecular flexibility index (Phi) is 5.43. The van der Waals surface area contributed by atoms with E-state index in [1.54, 1.807) is 12.1 Å².